The van der Waals surface area contributed by atoms with Gasteiger partial charge >= 0.3 is 5.97 Å². The number of carboxylic acid groups (broad SMARTS) is 1. The summed E-state index contributed by atoms with van der Waals surface area (Å²) in [6, 6.07) is 7.02. The fourth-order valence-electron chi connectivity index (χ4n) is 1.46. The number of amides is 1. The highest BCUT2D eigenvalue weighted by Crippen LogP contribution is 2.21. The van der Waals surface area contributed by atoms with Crippen LogP contribution >= 0.6 is 11.8 Å². The lowest BCUT2D eigenvalue weighted by atomic mass is 10.0. The van der Waals surface area contributed by atoms with Gasteiger partial charge in [0.15, 0.2) is 0 Å². The molecule has 0 radical (unpaired) electrons. The molecule has 0 saturated carbocycles. The maximum atomic E-state index is 11.7. The van der Waals surface area contributed by atoms with Crippen molar-refractivity contribution in [1.82, 2.24) is 5.32 Å². The third-order valence-electron chi connectivity index (χ3n) is 2.96. The lowest BCUT2D eigenvalue weighted by Gasteiger charge is -2.17. The van der Waals surface area contributed by atoms with E-state index in [2.05, 4.69) is 5.32 Å². The summed E-state index contributed by atoms with van der Waals surface area (Å²) in [6.07, 6.45) is 0. The summed E-state index contributed by atoms with van der Waals surface area (Å²) >= 11 is 1.39. The number of carbonyl (C=O) groups excluding carboxylic acids is 1. The fraction of sp³-hybridized carbons (Fsp3) is 0.429. The van der Waals surface area contributed by atoms with E-state index in [1.54, 1.807) is 21.0 Å². The van der Waals surface area contributed by atoms with Crippen LogP contribution in [-0.4, -0.2) is 35.9 Å². The Labute approximate surface area is 122 Å². The number of aliphatic carboxylic acids is 1. The van der Waals surface area contributed by atoms with Gasteiger partial charge < -0.3 is 15.2 Å². The molecule has 1 rings (SSSR count). The van der Waals surface area contributed by atoms with Crippen LogP contribution in [0.15, 0.2) is 29.2 Å². The predicted octanol–water partition coefficient (Wildman–Crippen LogP) is 2.01. The van der Waals surface area contributed by atoms with Gasteiger partial charge in [-0.2, -0.15) is 0 Å². The lowest BCUT2D eigenvalue weighted by molar-refractivity contribution is -0.142. The number of carboxylic acids is 1. The van der Waals surface area contributed by atoms with Crippen LogP contribution in [0.3, 0.4) is 0 Å². The van der Waals surface area contributed by atoms with E-state index in [1.807, 2.05) is 24.3 Å². The minimum Gasteiger partial charge on any atom is -0.497 e. The predicted molar refractivity (Wildman–Crippen MR) is 78.1 cm³/mol. The standard InChI is InChI=1S/C14H19NO4S/c1-9(14(17)18)10(2)15-13(16)8-20-12-6-4-11(19-3)5-7-12/h4-7,9-10H,8H2,1-3H3,(H,15,16)(H,17,18). The van der Waals surface area contributed by atoms with Crippen LogP contribution in [0.25, 0.3) is 0 Å². The smallest absolute Gasteiger partial charge is 0.308 e. The SMILES string of the molecule is COc1ccc(SCC(=O)NC(C)C(C)C(=O)O)cc1. The van der Waals surface area contributed by atoms with Crippen LogP contribution in [0.4, 0.5) is 0 Å². The molecule has 2 unspecified atom stereocenters. The quantitative estimate of drug-likeness (QED) is 0.753. The Morgan fingerprint density at radius 3 is 2.40 bits per heavy atom. The molecule has 0 fully saturated rings. The Balaban J connectivity index is 2.41. The van der Waals surface area contributed by atoms with E-state index < -0.39 is 17.9 Å². The molecule has 5 nitrogen and oxygen atoms in total. The molecule has 110 valence electrons. The van der Waals surface area contributed by atoms with Crippen molar-refractivity contribution in [3.8, 4) is 5.75 Å². The van der Waals surface area contributed by atoms with E-state index >= 15 is 0 Å². The molecule has 0 saturated heterocycles. The van der Waals surface area contributed by atoms with Crippen molar-refractivity contribution in [3.63, 3.8) is 0 Å². The van der Waals surface area contributed by atoms with E-state index in [4.69, 9.17) is 9.84 Å². The molecule has 0 aliphatic heterocycles. The number of benzene rings is 1. The third kappa shape index (κ3) is 5.13. The molecule has 1 aromatic rings. The average Bonchev–Trinajstić information content (AvgIpc) is 2.44. The Hall–Kier alpha value is -1.69. The van der Waals surface area contributed by atoms with E-state index in [-0.39, 0.29) is 11.7 Å². The number of hydrogen-bond donors (Lipinski definition) is 2. The summed E-state index contributed by atoms with van der Waals surface area (Å²) in [4.78, 5) is 23.5. The van der Waals surface area contributed by atoms with Crippen molar-refractivity contribution in [2.24, 2.45) is 5.92 Å². The summed E-state index contributed by atoms with van der Waals surface area (Å²) < 4.78 is 5.05. The van der Waals surface area contributed by atoms with Crippen molar-refractivity contribution in [3.05, 3.63) is 24.3 Å². The second-order valence-corrected chi connectivity index (χ2v) is 5.50. The largest absolute Gasteiger partial charge is 0.497 e. The molecule has 2 N–H and O–H groups in total. The number of carbonyl (C=O) groups is 2. The van der Waals surface area contributed by atoms with Crippen molar-refractivity contribution in [2.75, 3.05) is 12.9 Å². The van der Waals surface area contributed by atoms with Gasteiger partial charge in [-0.25, -0.2) is 0 Å². The highest BCUT2D eigenvalue weighted by Gasteiger charge is 2.20. The topological polar surface area (TPSA) is 75.6 Å². The summed E-state index contributed by atoms with van der Waals surface area (Å²) in [7, 11) is 1.60. The van der Waals surface area contributed by atoms with E-state index in [9.17, 15) is 9.59 Å². The normalized spacial score (nSPS) is 13.3. The van der Waals surface area contributed by atoms with Gasteiger partial charge in [-0.05, 0) is 38.1 Å². The van der Waals surface area contributed by atoms with Gasteiger partial charge in [-0.1, -0.05) is 0 Å². The lowest BCUT2D eigenvalue weighted by Crippen LogP contribution is -2.40. The highest BCUT2D eigenvalue weighted by atomic mass is 32.2. The Bertz CT molecular complexity index is 461. The molecule has 20 heavy (non-hydrogen) atoms. The average molecular weight is 297 g/mol. The van der Waals surface area contributed by atoms with E-state index in [0.29, 0.717) is 0 Å². The Morgan fingerprint density at radius 1 is 1.30 bits per heavy atom. The van der Waals surface area contributed by atoms with E-state index in [1.165, 1.54) is 11.8 Å². The summed E-state index contributed by atoms with van der Waals surface area (Å²) in [5.74, 6) is -0.678. The van der Waals surface area contributed by atoms with Gasteiger partial charge in [-0.3, -0.25) is 9.59 Å². The zero-order chi connectivity index (χ0) is 15.1. The first kappa shape index (κ1) is 16.4. The minimum atomic E-state index is -0.916. The molecular formula is C14H19NO4S. The summed E-state index contributed by atoms with van der Waals surface area (Å²) in [5, 5.41) is 11.5. The maximum Gasteiger partial charge on any atom is 0.308 e. The fourth-order valence-corrected chi connectivity index (χ4v) is 2.16. The van der Waals surface area contributed by atoms with Crippen molar-refractivity contribution >= 4 is 23.6 Å². The molecule has 0 aromatic heterocycles. The number of rotatable bonds is 7. The summed E-state index contributed by atoms with van der Waals surface area (Å²) in [5.41, 5.74) is 0. The van der Waals surface area contributed by atoms with Crippen LogP contribution in [0.1, 0.15) is 13.8 Å². The molecule has 1 aromatic carbocycles. The van der Waals surface area contributed by atoms with Gasteiger partial charge in [0, 0.05) is 10.9 Å². The van der Waals surface area contributed by atoms with Crippen molar-refractivity contribution < 1.29 is 19.4 Å². The van der Waals surface area contributed by atoms with Crippen LogP contribution in [0.2, 0.25) is 0 Å². The first-order valence-corrected chi connectivity index (χ1v) is 7.21. The van der Waals surface area contributed by atoms with Crippen LogP contribution in [-0.2, 0) is 9.59 Å². The molecule has 0 aliphatic rings. The number of nitrogens with one attached hydrogen (secondary N) is 1. The van der Waals surface area contributed by atoms with Gasteiger partial charge in [0.2, 0.25) is 5.91 Å². The van der Waals surface area contributed by atoms with Gasteiger partial charge in [0.25, 0.3) is 0 Å². The van der Waals surface area contributed by atoms with Gasteiger partial charge in [0.1, 0.15) is 5.75 Å². The minimum absolute atomic E-state index is 0.175. The molecule has 0 bridgehead atoms. The zero-order valence-electron chi connectivity index (χ0n) is 11.8. The van der Waals surface area contributed by atoms with Crippen LogP contribution < -0.4 is 10.1 Å². The van der Waals surface area contributed by atoms with Gasteiger partial charge in [0.05, 0.1) is 18.8 Å². The Morgan fingerprint density at radius 2 is 1.90 bits per heavy atom. The molecule has 0 aliphatic carbocycles. The molecule has 6 heteroatoms. The number of hydrogen-bond acceptors (Lipinski definition) is 4. The van der Waals surface area contributed by atoms with Crippen LogP contribution in [0, 0.1) is 5.92 Å². The molecular weight excluding hydrogens is 278 g/mol. The molecule has 1 amide bonds. The maximum absolute atomic E-state index is 11.7. The van der Waals surface area contributed by atoms with Crippen LogP contribution in [0.5, 0.6) is 5.75 Å². The van der Waals surface area contributed by atoms with Crippen molar-refractivity contribution in [1.29, 1.82) is 0 Å². The monoisotopic (exact) mass is 297 g/mol. The third-order valence-corrected chi connectivity index (χ3v) is 3.97. The van der Waals surface area contributed by atoms with E-state index in [0.717, 1.165) is 10.6 Å². The first-order chi connectivity index (χ1) is 9.43. The number of ether oxygens (including phenoxy) is 1. The molecule has 0 spiro atoms. The summed E-state index contributed by atoms with van der Waals surface area (Å²) in [6.45, 7) is 3.26. The molecule has 0 heterocycles. The molecule has 2 atom stereocenters. The van der Waals surface area contributed by atoms with Crippen molar-refractivity contribution in [2.45, 2.75) is 24.8 Å². The van der Waals surface area contributed by atoms with Gasteiger partial charge in [-0.15, -0.1) is 11.8 Å². The highest BCUT2D eigenvalue weighted by molar-refractivity contribution is 8.00. The number of thioether (sulfide) groups is 1. The second-order valence-electron chi connectivity index (χ2n) is 4.45. The second kappa shape index (κ2) is 7.79. The Kier molecular flexibility index (Phi) is 6.38. The first-order valence-electron chi connectivity index (χ1n) is 6.23. The number of methoxy groups -OCH3 is 1. The zero-order valence-corrected chi connectivity index (χ0v) is 12.6.